The molecule has 0 saturated carbocycles. The molecule has 5 nitrogen and oxygen atoms in total. The normalized spacial score (nSPS) is 10.8. The van der Waals surface area contributed by atoms with Gasteiger partial charge in [0.05, 0.1) is 10.5 Å². The van der Waals surface area contributed by atoms with Crippen LogP contribution in [0.25, 0.3) is 22.2 Å². The van der Waals surface area contributed by atoms with Gasteiger partial charge in [-0.3, -0.25) is 9.78 Å². The fraction of sp³-hybridized carbons (Fsp3) is 0.0500. The fourth-order valence-electron chi connectivity index (χ4n) is 2.74. The second-order valence-electron chi connectivity index (χ2n) is 5.82. The Morgan fingerprint density at radius 2 is 1.96 bits per heavy atom. The number of nitrogens with one attached hydrogen (secondary N) is 1. The van der Waals surface area contributed by atoms with E-state index < -0.39 is 0 Å². The van der Waals surface area contributed by atoms with E-state index in [-0.39, 0.29) is 11.6 Å². The lowest BCUT2D eigenvalue weighted by Gasteiger charge is -2.07. The number of halogens is 1. The highest BCUT2D eigenvalue weighted by Crippen LogP contribution is 2.30. The molecular formula is C20H14ClN3O2. The number of carbonyl (C=O) groups is 1. The van der Waals surface area contributed by atoms with Gasteiger partial charge in [0.15, 0.2) is 17.8 Å². The number of pyridine rings is 1. The van der Waals surface area contributed by atoms with Crippen molar-refractivity contribution >= 4 is 34.1 Å². The second kappa shape index (κ2) is 6.61. The number of benzene rings is 2. The van der Waals surface area contributed by atoms with Crippen molar-refractivity contribution in [3.8, 4) is 11.3 Å². The molecule has 0 bridgehead atoms. The molecule has 26 heavy (non-hydrogen) atoms. The average molecular weight is 364 g/mol. The lowest BCUT2D eigenvalue weighted by molar-refractivity contribution is 0.102. The maximum atomic E-state index is 12.7. The van der Waals surface area contributed by atoms with E-state index in [4.69, 9.17) is 16.0 Å². The van der Waals surface area contributed by atoms with Gasteiger partial charge in [0.2, 0.25) is 0 Å². The van der Waals surface area contributed by atoms with Crippen LogP contribution in [-0.2, 0) is 0 Å². The number of rotatable bonds is 3. The summed E-state index contributed by atoms with van der Waals surface area (Å²) in [4.78, 5) is 21.2. The van der Waals surface area contributed by atoms with Crippen molar-refractivity contribution in [3.05, 3.63) is 77.4 Å². The summed E-state index contributed by atoms with van der Waals surface area (Å²) in [5.74, 6) is -0.0285. The molecule has 0 aliphatic carbocycles. The summed E-state index contributed by atoms with van der Waals surface area (Å²) in [6.45, 7) is 1.94. The van der Waals surface area contributed by atoms with Crippen LogP contribution >= 0.6 is 11.6 Å². The molecular weight excluding hydrogens is 350 g/mol. The number of aromatic nitrogens is 2. The number of nitrogens with zero attached hydrogens (tertiary/aromatic N) is 2. The zero-order valence-corrected chi connectivity index (χ0v) is 14.6. The smallest absolute Gasteiger partial charge is 0.278 e. The van der Waals surface area contributed by atoms with Crippen molar-refractivity contribution < 1.29 is 9.21 Å². The van der Waals surface area contributed by atoms with E-state index in [1.807, 2.05) is 49.4 Å². The first-order valence-electron chi connectivity index (χ1n) is 7.99. The Hall–Kier alpha value is -3.18. The molecule has 2 aromatic heterocycles. The van der Waals surface area contributed by atoms with Gasteiger partial charge in [0, 0.05) is 22.3 Å². The molecule has 0 aliphatic rings. The average Bonchev–Trinajstić information content (AvgIpc) is 3.12. The van der Waals surface area contributed by atoms with Crippen LogP contribution in [0.2, 0.25) is 5.02 Å². The molecule has 0 radical (unpaired) electrons. The van der Waals surface area contributed by atoms with Gasteiger partial charge in [0.1, 0.15) is 0 Å². The third-order valence-electron chi connectivity index (χ3n) is 3.99. The van der Waals surface area contributed by atoms with Gasteiger partial charge >= 0.3 is 0 Å². The molecule has 6 heteroatoms. The van der Waals surface area contributed by atoms with E-state index in [0.29, 0.717) is 22.0 Å². The predicted molar refractivity (Wildman–Crippen MR) is 101 cm³/mol. The highest BCUT2D eigenvalue weighted by molar-refractivity contribution is 6.33. The summed E-state index contributed by atoms with van der Waals surface area (Å²) in [6, 6.07) is 16.6. The molecule has 4 rings (SSSR count). The third kappa shape index (κ3) is 3.05. The van der Waals surface area contributed by atoms with Crippen LogP contribution in [0, 0.1) is 6.92 Å². The van der Waals surface area contributed by atoms with E-state index in [2.05, 4.69) is 15.3 Å². The summed E-state index contributed by atoms with van der Waals surface area (Å²) in [5.41, 5.74) is 3.28. The lowest BCUT2D eigenvalue weighted by Crippen LogP contribution is -2.13. The maximum absolute atomic E-state index is 12.7. The molecule has 1 amide bonds. The number of aryl methyl sites for hydroxylation is 1. The molecule has 0 spiro atoms. The Morgan fingerprint density at radius 3 is 2.81 bits per heavy atom. The Balaban J connectivity index is 1.65. The molecule has 0 atom stereocenters. The number of carbonyl (C=O) groups excluding carboxylic acids is 1. The van der Waals surface area contributed by atoms with Crippen molar-refractivity contribution in [1.29, 1.82) is 0 Å². The van der Waals surface area contributed by atoms with Gasteiger partial charge in [-0.05, 0) is 43.3 Å². The number of hydrogen-bond acceptors (Lipinski definition) is 4. The fourth-order valence-corrected chi connectivity index (χ4v) is 2.96. The third-order valence-corrected chi connectivity index (χ3v) is 4.32. The van der Waals surface area contributed by atoms with Crippen LogP contribution < -0.4 is 5.32 Å². The number of hydrogen-bond donors (Lipinski definition) is 1. The van der Waals surface area contributed by atoms with Crippen LogP contribution in [0.15, 0.2) is 65.4 Å². The van der Waals surface area contributed by atoms with E-state index >= 15 is 0 Å². The summed E-state index contributed by atoms with van der Waals surface area (Å²) in [5, 5.41) is 4.28. The highest BCUT2D eigenvalue weighted by Gasteiger charge is 2.20. The number of oxazole rings is 1. The molecule has 2 heterocycles. The van der Waals surface area contributed by atoms with Crippen molar-refractivity contribution in [2.24, 2.45) is 0 Å². The molecule has 0 aliphatic heterocycles. The van der Waals surface area contributed by atoms with E-state index in [0.717, 1.165) is 16.6 Å². The van der Waals surface area contributed by atoms with Gasteiger partial charge < -0.3 is 9.73 Å². The van der Waals surface area contributed by atoms with Gasteiger partial charge in [-0.1, -0.05) is 29.8 Å². The van der Waals surface area contributed by atoms with Gasteiger partial charge in [-0.25, -0.2) is 4.98 Å². The summed E-state index contributed by atoms with van der Waals surface area (Å²) in [6.07, 6.45) is 1.24. The molecule has 0 saturated heterocycles. The first kappa shape index (κ1) is 16.3. The minimum atomic E-state index is -0.368. The van der Waals surface area contributed by atoms with Gasteiger partial charge in [-0.2, -0.15) is 0 Å². The van der Waals surface area contributed by atoms with Crippen molar-refractivity contribution in [2.75, 3.05) is 5.32 Å². The quantitative estimate of drug-likeness (QED) is 0.549. The maximum Gasteiger partial charge on any atom is 0.278 e. The molecule has 4 aromatic rings. The monoisotopic (exact) mass is 363 g/mol. The molecule has 0 unspecified atom stereocenters. The highest BCUT2D eigenvalue weighted by atomic mass is 35.5. The first-order chi connectivity index (χ1) is 12.6. The van der Waals surface area contributed by atoms with Crippen LogP contribution in [-0.4, -0.2) is 15.9 Å². The Labute approximate surface area is 154 Å². The molecule has 0 fully saturated rings. The van der Waals surface area contributed by atoms with E-state index in [9.17, 15) is 4.79 Å². The van der Waals surface area contributed by atoms with Crippen LogP contribution in [0.5, 0.6) is 0 Å². The van der Waals surface area contributed by atoms with Crippen LogP contribution in [0.3, 0.4) is 0 Å². The number of anilines is 1. The number of fused-ring (bicyclic) bond motifs is 1. The minimum Gasteiger partial charge on any atom is -0.443 e. The Kier molecular flexibility index (Phi) is 4.14. The zero-order valence-electron chi connectivity index (χ0n) is 13.9. The molecule has 128 valence electrons. The number of amides is 1. The van der Waals surface area contributed by atoms with Gasteiger partial charge in [-0.15, -0.1) is 0 Å². The topological polar surface area (TPSA) is 68.0 Å². The van der Waals surface area contributed by atoms with Crippen molar-refractivity contribution in [1.82, 2.24) is 9.97 Å². The van der Waals surface area contributed by atoms with Gasteiger partial charge in [0.25, 0.3) is 5.91 Å². The predicted octanol–water partition coefficient (Wildman–Crippen LogP) is 5.10. The second-order valence-corrected chi connectivity index (χ2v) is 6.23. The van der Waals surface area contributed by atoms with E-state index in [1.165, 1.54) is 6.39 Å². The van der Waals surface area contributed by atoms with Crippen molar-refractivity contribution in [3.63, 3.8) is 0 Å². The minimum absolute atomic E-state index is 0.181. The molecule has 2 aromatic carbocycles. The summed E-state index contributed by atoms with van der Waals surface area (Å²) in [7, 11) is 0. The Morgan fingerprint density at radius 1 is 1.12 bits per heavy atom. The standard InChI is InChI=1S/C20H14ClN3O2/c1-12-6-7-13-10-14(8-9-17(13)23-12)24-20(25)18-19(26-11-22-18)15-4-2-3-5-16(15)21/h2-11H,1H3,(H,24,25). The SMILES string of the molecule is Cc1ccc2cc(NC(=O)c3ncoc3-c3ccccc3Cl)ccc2n1. The van der Waals surface area contributed by atoms with Crippen LogP contribution in [0.4, 0.5) is 5.69 Å². The lowest BCUT2D eigenvalue weighted by atomic mass is 10.1. The Bertz CT molecular complexity index is 1120. The molecule has 1 N–H and O–H groups in total. The van der Waals surface area contributed by atoms with E-state index in [1.54, 1.807) is 12.1 Å². The summed E-state index contributed by atoms with van der Waals surface area (Å²) < 4.78 is 5.41. The van der Waals surface area contributed by atoms with Crippen LogP contribution in [0.1, 0.15) is 16.2 Å². The largest absolute Gasteiger partial charge is 0.443 e. The summed E-state index contributed by atoms with van der Waals surface area (Å²) >= 11 is 6.20. The van der Waals surface area contributed by atoms with Crippen molar-refractivity contribution in [2.45, 2.75) is 6.92 Å². The first-order valence-corrected chi connectivity index (χ1v) is 8.37. The zero-order chi connectivity index (χ0) is 18.1.